The van der Waals surface area contributed by atoms with Crippen LogP contribution in [0.2, 0.25) is 0 Å². The first-order chi connectivity index (χ1) is 12.1. The number of alkyl halides is 3. The number of nitrogens with one attached hydrogen (secondary N) is 1. The van der Waals surface area contributed by atoms with Gasteiger partial charge in [-0.05, 0) is 29.6 Å². The Balaban J connectivity index is 2.01. The maximum absolute atomic E-state index is 13.4. The molecule has 0 bridgehead atoms. The lowest BCUT2D eigenvalue weighted by Crippen LogP contribution is -2.15. The molecule has 1 aromatic carbocycles. The molecule has 5 nitrogen and oxygen atoms in total. The van der Waals surface area contributed by atoms with Crippen molar-refractivity contribution in [1.29, 1.82) is 0 Å². The van der Waals surface area contributed by atoms with Crippen LogP contribution in [0.4, 0.5) is 23.2 Å². The molecule has 0 atom stereocenters. The summed E-state index contributed by atoms with van der Waals surface area (Å²) in [6, 6.07) is 5.28. The third-order valence-corrected chi connectivity index (χ3v) is 5.62. The molecule has 0 unspecified atom stereocenters. The van der Waals surface area contributed by atoms with Crippen LogP contribution >= 0.6 is 11.3 Å². The summed E-state index contributed by atoms with van der Waals surface area (Å²) in [5, 5.41) is 5.84. The minimum absolute atomic E-state index is 0.174. The maximum Gasteiger partial charge on any atom is 0.419 e. The Kier molecular flexibility index (Phi) is 4.53. The van der Waals surface area contributed by atoms with Gasteiger partial charge in [-0.1, -0.05) is 6.07 Å². The van der Waals surface area contributed by atoms with Crippen molar-refractivity contribution in [1.82, 2.24) is 9.78 Å². The van der Waals surface area contributed by atoms with Crippen molar-refractivity contribution >= 4 is 27.0 Å². The summed E-state index contributed by atoms with van der Waals surface area (Å²) < 4.78 is 80.4. The van der Waals surface area contributed by atoms with Gasteiger partial charge in [0, 0.05) is 18.9 Å². The number of hydrogen-bond donors (Lipinski definition) is 1. The number of halogens is 4. The summed E-state index contributed by atoms with van der Waals surface area (Å²) in [7, 11) is -2.72. The molecule has 0 spiro atoms. The molecule has 0 aliphatic carbocycles. The fraction of sp³-hybridized carbons (Fsp3) is 0.133. The molecule has 1 N–H and O–H groups in total. The summed E-state index contributed by atoms with van der Waals surface area (Å²) in [5.74, 6) is -1.49. The molecule has 138 valence electrons. The van der Waals surface area contributed by atoms with Crippen LogP contribution < -0.4 is 4.72 Å². The number of aromatic nitrogens is 2. The summed E-state index contributed by atoms with van der Waals surface area (Å²) >= 11 is 1.27. The predicted molar refractivity (Wildman–Crippen MR) is 88.7 cm³/mol. The van der Waals surface area contributed by atoms with Crippen molar-refractivity contribution in [2.45, 2.75) is 11.1 Å². The molecule has 0 fully saturated rings. The fourth-order valence-corrected chi connectivity index (χ4v) is 4.30. The Hall–Kier alpha value is -2.40. The SMILES string of the molecule is Cn1cc(S(=O)(=O)Nc2ccc(F)c(C(F)(F)F)c2)c(-c2cccs2)n1. The molecular formula is C15H11F4N3O2S2. The first kappa shape index (κ1) is 18.4. The number of nitrogens with zero attached hydrogens (tertiary/aromatic N) is 2. The smallest absolute Gasteiger partial charge is 0.279 e. The normalized spacial score (nSPS) is 12.3. The maximum atomic E-state index is 13.4. The summed E-state index contributed by atoms with van der Waals surface area (Å²) in [5.41, 5.74) is -1.78. The molecule has 0 saturated carbocycles. The van der Waals surface area contributed by atoms with Crippen LogP contribution in [-0.4, -0.2) is 18.2 Å². The molecule has 0 aliphatic rings. The Morgan fingerprint density at radius 3 is 2.58 bits per heavy atom. The Bertz CT molecular complexity index is 1040. The van der Waals surface area contributed by atoms with Gasteiger partial charge < -0.3 is 0 Å². The van der Waals surface area contributed by atoms with Gasteiger partial charge in [-0.25, -0.2) is 12.8 Å². The molecule has 0 saturated heterocycles. The van der Waals surface area contributed by atoms with Gasteiger partial charge in [0.15, 0.2) is 0 Å². The molecule has 2 heterocycles. The van der Waals surface area contributed by atoms with Crippen molar-refractivity contribution in [3.63, 3.8) is 0 Å². The van der Waals surface area contributed by atoms with Crippen molar-refractivity contribution < 1.29 is 26.0 Å². The van der Waals surface area contributed by atoms with E-state index in [0.717, 1.165) is 6.07 Å². The van der Waals surface area contributed by atoms with Crippen molar-refractivity contribution in [3.8, 4) is 10.6 Å². The molecule has 3 aromatic rings. The number of sulfonamides is 1. The second-order valence-corrected chi connectivity index (χ2v) is 7.89. The highest BCUT2D eigenvalue weighted by atomic mass is 32.2. The second kappa shape index (κ2) is 6.40. The minimum Gasteiger partial charge on any atom is -0.279 e. The van der Waals surface area contributed by atoms with E-state index in [1.807, 2.05) is 4.72 Å². The van der Waals surface area contributed by atoms with E-state index in [1.165, 1.54) is 29.3 Å². The van der Waals surface area contributed by atoms with Gasteiger partial charge in [0.2, 0.25) is 0 Å². The van der Waals surface area contributed by atoms with Gasteiger partial charge in [0.25, 0.3) is 10.0 Å². The van der Waals surface area contributed by atoms with Crippen LogP contribution in [0.1, 0.15) is 5.56 Å². The van der Waals surface area contributed by atoms with Crippen molar-refractivity contribution in [2.24, 2.45) is 7.05 Å². The topological polar surface area (TPSA) is 64.0 Å². The van der Waals surface area contributed by atoms with E-state index in [1.54, 1.807) is 17.5 Å². The summed E-state index contributed by atoms with van der Waals surface area (Å²) in [6.07, 6.45) is -3.70. The van der Waals surface area contributed by atoms with Crippen LogP contribution in [0.15, 0.2) is 46.8 Å². The minimum atomic E-state index is -4.94. The van der Waals surface area contributed by atoms with E-state index in [0.29, 0.717) is 17.0 Å². The lowest BCUT2D eigenvalue weighted by Gasteiger charge is -2.12. The molecular weight excluding hydrogens is 394 g/mol. The van der Waals surface area contributed by atoms with Crippen LogP contribution in [0.5, 0.6) is 0 Å². The van der Waals surface area contributed by atoms with E-state index >= 15 is 0 Å². The standard InChI is InChI=1S/C15H11F4N3O2S2/c1-22-8-13(14(20-22)12-3-2-6-25-12)26(23,24)21-9-4-5-11(16)10(7-9)15(17,18)19/h2-8,21H,1H3. The molecule has 0 radical (unpaired) electrons. The number of aryl methyl sites for hydroxylation is 1. The quantitative estimate of drug-likeness (QED) is 0.665. The number of rotatable bonds is 4. The van der Waals surface area contributed by atoms with Gasteiger partial charge in [-0.15, -0.1) is 11.3 Å². The first-order valence-corrected chi connectivity index (χ1v) is 9.41. The number of benzene rings is 1. The highest BCUT2D eigenvalue weighted by Crippen LogP contribution is 2.34. The third-order valence-electron chi connectivity index (χ3n) is 3.36. The predicted octanol–water partition coefficient (Wildman–Crippen LogP) is 4.11. The van der Waals surface area contributed by atoms with Crippen LogP contribution in [-0.2, 0) is 23.2 Å². The monoisotopic (exact) mass is 405 g/mol. The zero-order valence-corrected chi connectivity index (χ0v) is 14.7. The van der Waals surface area contributed by atoms with Crippen LogP contribution in [0.25, 0.3) is 10.6 Å². The van der Waals surface area contributed by atoms with Gasteiger partial charge in [0.1, 0.15) is 16.4 Å². The molecule has 0 amide bonds. The third kappa shape index (κ3) is 3.58. The van der Waals surface area contributed by atoms with Crippen molar-refractivity contribution in [3.05, 3.63) is 53.3 Å². The lowest BCUT2D eigenvalue weighted by molar-refractivity contribution is -0.139. The molecule has 0 aliphatic heterocycles. The van der Waals surface area contributed by atoms with E-state index in [2.05, 4.69) is 5.10 Å². The zero-order valence-electron chi connectivity index (χ0n) is 13.1. The van der Waals surface area contributed by atoms with E-state index in [4.69, 9.17) is 0 Å². The van der Waals surface area contributed by atoms with Crippen molar-refractivity contribution in [2.75, 3.05) is 4.72 Å². The Morgan fingerprint density at radius 2 is 1.96 bits per heavy atom. The van der Waals surface area contributed by atoms with Gasteiger partial charge in [-0.3, -0.25) is 9.40 Å². The molecule has 2 aromatic heterocycles. The highest BCUT2D eigenvalue weighted by molar-refractivity contribution is 7.92. The van der Waals surface area contributed by atoms with E-state index < -0.39 is 33.3 Å². The largest absolute Gasteiger partial charge is 0.419 e. The zero-order chi connectivity index (χ0) is 19.1. The van der Waals surface area contributed by atoms with E-state index in [9.17, 15) is 26.0 Å². The Morgan fingerprint density at radius 1 is 1.23 bits per heavy atom. The second-order valence-electron chi connectivity index (χ2n) is 5.29. The van der Waals surface area contributed by atoms with Crippen LogP contribution in [0, 0.1) is 5.82 Å². The van der Waals surface area contributed by atoms with Gasteiger partial charge in [-0.2, -0.15) is 18.3 Å². The fourth-order valence-electron chi connectivity index (χ4n) is 2.26. The molecule has 3 rings (SSSR count). The summed E-state index contributed by atoms with van der Waals surface area (Å²) in [4.78, 5) is 0.390. The number of thiophene rings is 1. The molecule has 26 heavy (non-hydrogen) atoms. The summed E-state index contributed by atoms with van der Waals surface area (Å²) in [6.45, 7) is 0. The first-order valence-electron chi connectivity index (χ1n) is 7.05. The number of hydrogen-bond acceptors (Lipinski definition) is 4. The lowest BCUT2D eigenvalue weighted by atomic mass is 10.2. The van der Waals surface area contributed by atoms with E-state index in [-0.39, 0.29) is 10.6 Å². The van der Waals surface area contributed by atoms with Gasteiger partial charge in [0.05, 0.1) is 10.4 Å². The average Bonchev–Trinajstić information content (AvgIpc) is 3.17. The highest BCUT2D eigenvalue weighted by Gasteiger charge is 2.34. The molecule has 11 heteroatoms. The van der Waals surface area contributed by atoms with Gasteiger partial charge >= 0.3 is 6.18 Å². The average molecular weight is 405 g/mol. The van der Waals surface area contributed by atoms with Crippen LogP contribution in [0.3, 0.4) is 0 Å². The Labute approximate surface area is 149 Å². The number of anilines is 1.